The van der Waals surface area contributed by atoms with Gasteiger partial charge in [-0.15, -0.1) is 0 Å². The predicted molar refractivity (Wildman–Crippen MR) is 159 cm³/mol. The minimum atomic E-state index is -4.57. The van der Waals surface area contributed by atoms with Crippen molar-refractivity contribution in [3.05, 3.63) is 95.6 Å². The van der Waals surface area contributed by atoms with Gasteiger partial charge in [-0.25, -0.2) is 0 Å². The van der Waals surface area contributed by atoms with Crippen LogP contribution in [-0.4, -0.2) is 66.1 Å². The third-order valence-electron chi connectivity index (χ3n) is 6.70. The van der Waals surface area contributed by atoms with Crippen LogP contribution in [0.2, 0.25) is 0 Å². The number of benzene rings is 3. The summed E-state index contributed by atoms with van der Waals surface area (Å²) >= 11 is 0. The molecule has 4 rings (SSSR count). The molecule has 242 valence electrons. The number of carbonyl (C=O) groups excluding carboxylic acids is 2. The second-order valence-corrected chi connectivity index (χ2v) is 13.6. The Hall–Kier alpha value is -3.66. The van der Waals surface area contributed by atoms with Crippen molar-refractivity contribution < 1.29 is 53.7 Å². The van der Waals surface area contributed by atoms with Crippen molar-refractivity contribution in [3.8, 4) is 0 Å². The van der Waals surface area contributed by atoms with E-state index in [0.717, 1.165) is 25.0 Å². The molecule has 0 aromatic heterocycles. The van der Waals surface area contributed by atoms with Gasteiger partial charge in [0.25, 0.3) is 20.2 Å². The molecule has 1 aliphatic rings. The fourth-order valence-electron chi connectivity index (χ4n) is 4.49. The first-order valence-corrected chi connectivity index (χ1v) is 16.7. The van der Waals surface area contributed by atoms with Crippen LogP contribution in [0.1, 0.15) is 30.5 Å². The van der Waals surface area contributed by atoms with Gasteiger partial charge in [0.1, 0.15) is 12.2 Å². The number of rotatable bonds is 12. The molecule has 1 saturated heterocycles. The fourth-order valence-corrected chi connectivity index (χ4v) is 6.52. The first kappa shape index (κ1) is 34.2. The van der Waals surface area contributed by atoms with E-state index in [-0.39, 0.29) is 16.4 Å². The van der Waals surface area contributed by atoms with Crippen molar-refractivity contribution in [2.45, 2.75) is 74.8 Å². The summed E-state index contributed by atoms with van der Waals surface area (Å²) in [6, 6.07) is 20.5. The van der Waals surface area contributed by atoms with E-state index in [0.29, 0.717) is 5.56 Å². The molecule has 0 bridgehead atoms. The zero-order chi connectivity index (χ0) is 32.8. The first-order valence-electron chi connectivity index (χ1n) is 13.9. The maximum atomic E-state index is 13.4. The van der Waals surface area contributed by atoms with Crippen molar-refractivity contribution in [3.63, 3.8) is 0 Å². The summed E-state index contributed by atoms with van der Waals surface area (Å²) in [5, 5.41) is 0. The molecular weight excluding hydrogens is 628 g/mol. The summed E-state index contributed by atoms with van der Waals surface area (Å²) in [5.74, 6) is -1.68. The van der Waals surface area contributed by atoms with Gasteiger partial charge in [0.15, 0.2) is 18.5 Å². The van der Waals surface area contributed by atoms with Crippen LogP contribution in [0.4, 0.5) is 0 Å². The number of ether oxygens (including phenoxy) is 4. The molecule has 3 aromatic rings. The van der Waals surface area contributed by atoms with Crippen LogP contribution in [0.5, 0.6) is 0 Å². The molecule has 14 heteroatoms. The average molecular weight is 663 g/mol. The van der Waals surface area contributed by atoms with E-state index >= 15 is 0 Å². The highest BCUT2D eigenvalue weighted by Gasteiger charge is 2.53. The maximum Gasteiger partial charge on any atom is 0.303 e. The van der Waals surface area contributed by atoms with E-state index in [1.165, 1.54) is 24.3 Å². The molecule has 5 unspecified atom stereocenters. The first-order chi connectivity index (χ1) is 21.2. The van der Waals surface area contributed by atoms with E-state index in [9.17, 15) is 26.4 Å². The molecule has 0 amide bonds. The van der Waals surface area contributed by atoms with Gasteiger partial charge in [-0.1, -0.05) is 65.7 Å². The van der Waals surface area contributed by atoms with Crippen LogP contribution in [0.15, 0.2) is 88.7 Å². The van der Waals surface area contributed by atoms with Crippen molar-refractivity contribution in [2.75, 3.05) is 6.61 Å². The van der Waals surface area contributed by atoms with Crippen LogP contribution in [0, 0.1) is 13.8 Å². The average Bonchev–Trinajstić information content (AvgIpc) is 2.98. The molecule has 0 saturated carbocycles. The van der Waals surface area contributed by atoms with Crippen LogP contribution in [0.25, 0.3) is 0 Å². The van der Waals surface area contributed by atoms with Gasteiger partial charge >= 0.3 is 11.9 Å². The van der Waals surface area contributed by atoms with Gasteiger partial charge in [-0.05, 0) is 43.7 Å². The van der Waals surface area contributed by atoms with Crippen molar-refractivity contribution >= 4 is 32.2 Å². The molecule has 0 spiro atoms. The maximum absolute atomic E-state index is 13.4. The Morgan fingerprint density at radius 2 is 1.20 bits per heavy atom. The highest BCUT2D eigenvalue weighted by molar-refractivity contribution is 7.87. The van der Waals surface area contributed by atoms with Gasteiger partial charge in [-0.2, -0.15) is 16.8 Å². The number of aryl methyl sites for hydroxylation is 2. The summed E-state index contributed by atoms with van der Waals surface area (Å²) in [6.07, 6.45) is -7.87. The highest BCUT2D eigenvalue weighted by Crippen LogP contribution is 2.33. The molecule has 5 atom stereocenters. The number of hydrogen-bond acceptors (Lipinski definition) is 12. The Balaban J connectivity index is 1.73. The summed E-state index contributed by atoms with van der Waals surface area (Å²) in [6.45, 7) is 4.89. The summed E-state index contributed by atoms with van der Waals surface area (Å²) in [5.41, 5.74) is 2.31. The van der Waals surface area contributed by atoms with E-state index in [1.54, 1.807) is 68.4 Å². The molecule has 3 aromatic carbocycles. The van der Waals surface area contributed by atoms with E-state index in [4.69, 9.17) is 27.3 Å². The molecule has 45 heavy (non-hydrogen) atoms. The Bertz CT molecular complexity index is 1670. The van der Waals surface area contributed by atoms with E-state index < -0.39 is 69.5 Å². The molecule has 1 heterocycles. The topological polar surface area (TPSA) is 158 Å². The van der Waals surface area contributed by atoms with Gasteiger partial charge in [0, 0.05) is 13.8 Å². The van der Waals surface area contributed by atoms with E-state index in [2.05, 4.69) is 0 Å². The Morgan fingerprint density at radius 3 is 1.73 bits per heavy atom. The van der Waals surface area contributed by atoms with E-state index in [1.807, 2.05) is 0 Å². The molecule has 12 nitrogen and oxygen atoms in total. The highest BCUT2D eigenvalue weighted by atomic mass is 32.2. The third-order valence-corrected chi connectivity index (χ3v) is 9.32. The monoisotopic (exact) mass is 662 g/mol. The van der Waals surface area contributed by atoms with Gasteiger partial charge in [0.2, 0.25) is 0 Å². The minimum Gasteiger partial charge on any atom is -0.455 e. The number of hydrogen-bond donors (Lipinski definition) is 0. The van der Waals surface area contributed by atoms with Crippen LogP contribution < -0.4 is 0 Å². The van der Waals surface area contributed by atoms with Gasteiger partial charge < -0.3 is 18.9 Å². The lowest BCUT2D eigenvalue weighted by molar-refractivity contribution is -0.303. The third kappa shape index (κ3) is 9.19. The Morgan fingerprint density at radius 1 is 0.689 bits per heavy atom. The molecule has 0 radical (unpaired) electrons. The lowest BCUT2D eigenvalue weighted by atomic mass is 9.98. The number of carbonyl (C=O) groups is 2. The number of esters is 2. The standard InChI is InChI=1S/C31H34O12S2/c1-20-10-14-25(15-11-20)44(34,35)39-19-27-28(43-45(36,37)26-16-12-21(2)13-17-26)29(40-22(3)32)30(41-23(4)33)31(42-27)38-18-24-8-6-5-7-9-24/h5-17,27-31H,18-19H2,1-4H3. The molecular formula is C31H34O12S2. The zero-order valence-corrected chi connectivity index (χ0v) is 26.7. The Kier molecular flexibility index (Phi) is 11.1. The lowest BCUT2D eigenvalue weighted by Gasteiger charge is -2.44. The summed E-state index contributed by atoms with van der Waals surface area (Å²) in [4.78, 5) is 24.1. The van der Waals surface area contributed by atoms with Crippen molar-refractivity contribution in [1.29, 1.82) is 0 Å². The second-order valence-electron chi connectivity index (χ2n) is 10.4. The van der Waals surface area contributed by atoms with Crippen LogP contribution in [-0.2, 0) is 63.7 Å². The second kappa shape index (κ2) is 14.6. The van der Waals surface area contributed by atoms with Gasteiger partial charge in [0.05, 0.1) is 23.0 Å². The molecule has 1 aliphatic heterocycles. The van der Waals surface area contributed by atoms with Crippen molar-refractivity contribution in [2.24, 2.45) is 0 Å². The SMILES string of the molecule is CC(=O)OC1C(OCc2ccccc2)OC(COS(=O)(=O)c2ccc(C)cc2)C(OS(=O)(=O)c2ccc(C)cc2)C1OC(C)=O. The van der Waals surface area contributed by atoms with Crippen molar-refractivity contribution in [1.82, 2.24) is 0 Å². The minimum absolute atomic E-state index is 0.0570. The quantitative estimate of drug-likeness (QED) is 0.205. The molecule has 0 N–H and O–H groups in total. The Labute approximate surface area is 262 Å². The summed E-state index contributed by atoms with van der Waals surface area (Å²) < 4.78 is 86.8. The zero-order valence-electron chi connectivity index (χ0n) is 25.0. The fraction of sp³-hybridized carbons (Fsp3) is 0.355. The smallest absolute Gasteiger partial charge is 0.303 e. The van der Waals surface area contributed by atoms with Crippen LogP contribution >= 0.6 is 0 Å². The normalized spacial score (nSPS) is 22.0. The predicted octanol–water partition coefficient (Wildman–Crippen LogP) is 3.59. The van der Waals surface area contributed by atoms with Crippen LogP contribution in [0.3, 0.4) is 0 Å². The van der Waals surface area contributed by atoms with Gasteiger partial charge in [-0.3, -0.25) is 18.0 Å². The largest absolute Gasteiger partial charge is 0.455 e. The molecule has 0 aliphatic carbocycles. The molecule has 1 fully saturated rings. The summed E-state index contributed by atoms with van der Waals surface area (Å²) in [7, 11) is -8.94. The lowest BCUT2D eigenvalue weighted by Crippen LogP contribution is -2.62.